The average Bonchev–Trinajstić information content (AvgIpc) is 2.98. The first-order valence-corrected chi connectivity index (χ1v) is 8.75. The molecule has 3 aromatic rings. The van der Waals surface area contributed by atoms with Gasteiger partial charge in [-0.05, 0) is 37.3 Å². The topological polar surface area (TPSA) is 51.5 Å². The summed E-state index contributed by atoms with van der Waals surface area (Å²) in [4.78, 5) is 5.46. The van der Waals surface area contributed by atoms with E-state index in [2.05, 4.69) is 0 Å². The van der Waals surface area contributed by atoms with Crippen LogP contribution in [0, 0.1) is 0 Å². The maximum Gasteiger partial charge on any atom is 0.264 e. The Morgan fingerprint density at radius 1 is 1.09 bits per heavy atom. The van der Waals surface area contributed by atoms with Crippen LogP contribution in [0.1, 0.15) is 6.92 Å². The number of rotatable bonds is 5. The summed E-state index contributed by atoms with van der Waals surface area (Å²) in [5.74, 6) is 0. The fourth-order valence-corrected chi connectivity index (χ4v) is 4.11. The first kappa shape index (κ1) is 15.4. The van der Waals surface area contributed by atoms with E-state index in [1.807, 2.05) is 31.2 Å². The molecule has 0 fully saturated rings. The predicted octanol–water partition coefficient (Wildman–Crippen LogP) is 2.91. The van der Waals surface area contributed by atoms with Gasteiger partial charge in [0.05, 0.1) is 16.1 Å². The van der Waals surface area contributed by atoms with Gasteiger partial charge in [0.2, 0.25) is 0 Å². The minimum Gasteiger partial charge on any atom is -0.417 e. The summed E-state index contributed by atoms with van der Waals surface area (Å²) in [6.07, 6.45) is 1.76. The number of nitrogens with zero attached hydrogens (tertiary/aromatic N) is 2. The maximum atomic E-state index is 13.0. The number of aromatic nitrogens is 1. The average molecular weight is 330 g/mol. The van der Waals surface area contributed by atoms with Gasteiger partial charge in [-0.15, -0.1) is 0 Å². The molecule has 5 nitrogen and oxygen atoms in total. The summed E-state index contributed by atoms with van der Waals surface area (Å²) in [6.45, 7) is 2.18. The van der Waals surface area contributed by atoms with Crippen molar-refractivity contribution >= 4 is 26.6 Å². The Labute approximate surface area is 135 Å². The molecule has 0 aliphatic carbocycles. The largest absolute Gasteiger partial charge is 0.417 e. The molecule has 1 aromatic heterocycles. The van der Waals surface area contributed by atoms with Gasteiger partial charge in [0.1, 0.15) is 7.11 Å². The third-order valence-corrected chi connectivity index (χ3v) is 5.64. The lowest BCUT2D eigenvalue weighted by atomic mass is 10.2. The van der Waals surface area contributed by atoms with E-state index in [4.69, 9.17) is 4.84 Å². The molecule has 0 radical (unpaired) electrons. The quantitative estimate of drug-likeness (QED) is 0.723. The van der Waals surface area contributed by atoms with Crippen LogP contribution in [0.25, 0.3) is 10.9 Å². The number of hydrogen-bond acceptors (Lipinski definition) is 3. The van der Waals surface area contributed by atoms with Crippen molar-refractivity contribution in [3.05, 3.63) is 60.8 Å². The van der Waals surface area contributed by atoms with Crippen LogP contribution in [0.2, 0.25) is 0 Å². The van der Waals surface area contributed by atoms with Gasteiger partial charge in [0.25, 0.3) is 10.0 Å². The van der Waals surface area contributed by atoms with Gasteiger partial charge in [0, 0.05) is 18.1 Å². The number of hydrogen-bond donors (Lipinski definition) is 0. The molecule has 0 bridgehead atoms. The SMILES string of the molecule is CCN(c1ccccc1)S(=O)(=O)c1ccc2ccn(OC)c2c1. The molecule has 0 aliphatic rings. The normalized spacial score (nSPS) is 11.6. The van der Waals surface area contributed by atoms with Gasteiger partial charge in [0.15, 0.2) is 0 Å². The highest BCUT2D eigenvalue weighted by molar-refractivity contribution is 7.92. The molecule has 0 unspecified atom stereocenters. The van der Waals surface area contributed by atoms with Crippen LogP contribution in [-0.4, -0.2) is 26.8 Å². The number of para-hydroxylation sites is 1. The lowest BCUT2D eigenvalue weighted by molar-refractivity contribution is 0.179. The Kier molecular flexibility index (Phi) is 4.00. The first-order valence-electron chi connectivity index (χ1n) is 7.31. The van der Waals surface area contributed by atoms with E-state index >= 15 is 0 Å². The molecule has 2 aromatic carbocycles. The van der Waals surface area contributed by atoms with Crippen molar-refractivity contribution in [2.24, 2.45) is 0 Å². The smallest absolute Gasteiger partial charge is 0.264 e. The zero-order chi connectivity index (χ0) is 16.4. The summed E-state index contributed by atoms with van der Waals surface area (Å²) < 4.78 is 29.0. The Hall–Kier alpha value is -2.47. The Balaban J connectivity index is 2.11. The van der Waals surface area contributed by atoms with Crippen LogP contribution in [0.4, 0.5) is 5.69 Å². The number of benzene rings is 2. The Bertz CT molecular complexity index is 917. The van der Waals surface area contributed by atoms with Crippen molar-refractivity contribution in [3.8, 4) is 0 Å². The molecule has 0 spiro atoms. The lowest BCUT2D eigenvalue weighted by Crippen LogP contribution is -2.30. The molecule has 0 saturated heterocycles. The van der Waals surface area contributed by atoms with Gasteiger partial charge in [-0.2, -0.15) is 4.73 Å². The molecule has 23 heavy (non-hydrogen) atoms. The monoisotopic (exact) mass is 330 g/mol. The summed E-state index contributed by atoms with van der Waals surface area (Å²) in [6, 6.07) is 16.0. The summed E-state index contributed by atoms with van der Waals surface area (Å²) in [7, 11) is -2.09. The number of fused-ring (bicyclic) bond motifs is 1. The molecular weight excluding hydrogens is 312 g/mol. The van der Waals surface area contributed by atoms with Crippen molar-refractivity contribution in [3.63, 3.8) is 0 Å². The van der Waals surface area contributed by atoms with Crippen molar-refractivity contribution < 1.29 is 13.3 Å². The molecular formula is C17H18N2O3S. The molecule has 0 amide bonds. The summed E-state index contributed by atoms with van der Waals surface area (Å²) >= 11 is 0. The van der Waals surface area contributed by atoms with Gasteiger partial charge in [-0.25, -0.2) is 8.42 Å². The molecule has 6 heteroatoms. The van der Waals surface area contributed by atoms with E-state index in [9.17, 15) is 8.42 Å². The minimum absolute atomic E-state index is 0.243. The van der Waals surface area contributed by atoms with Gasteiger partial charge < -0.3 is 4.84 Å². The van der Waals surface area contributed by atoms with E-state index in [1.54, 1.807) is 48.4 Å². The van der Waals surface area contributed by atoms with E-state index in [0.29, 0.717) is 12.2 Å². The fraction of sp³-hybridized carbons (Fsp3) is 0.176. The molecule has 0 saturated carbocycles. The van der Waals surface area contributed by atoms with Crippen LogP contribution >= 0.6 is 0 Å². The second kappa shape index (κ2) is 5.96. The minimum atomic E-state index is -3.63. The van der Waals surface area contributed by atoms with Crippen molar-refractivity contribution in [2.75, 3.05) is 18.0 Å². The van der Waals surface area contributed by atoms with Gasteiger partial charge >= 0.3 is 0 Å². The predicted molar refractivity (Wildman–Crippen MR) is 91.1 cm³/mol. The van der Waals surface area contributed by atoms with Crippen LogP contribution in [0.5, 0.6) is 0 Å². The van der Waals surface area contributed by atoms with Crippen LogP contribution in [0.15, 0.2) is 65.7 Å². The van der Waals surface area contributed by atoms with Crippen LogP contribution in [-0.2, 0) is 10.0 Å². The maximum absolute atomic E-state index is 13.0. The highest BCUT2D eigenvalue weighted by atomic mass is 32.2. The van der Waals surface area contributed by atoms with E-state index in [1.165, 1.54) is 4.31 Å². The van der Waals surface area contributed by atoms with Crippen LogP contribution < -0.4 is 9.14 Å². The molecule has 3 rings (SSSR count). The molecule has 1 heterocycles. The zero-order valence-corrected chi connectivity index (χ0v) is 13.8. The highest BCUT2D eigenvalue weighted by Crippen LogP contribution is 2.26. The van der Waals surface area contributed by atoms with Gasteiger partial charge in [-0.1, -0.05) is 24.3 Å². The van der Waals surface area contributed by atoms with E-state index < -0.39 is 10.0 Å². The summed E-state index contributed by atoms with van der Waals surface area (Å²) in [5, 5.41) is 0.925. The second-order valence-corrected chi connectivity index (χ2v) is 6.91. The van der Waals surface area contributed by atoms with E-state index in [0.717, 1.165) is 10.9 Å². The Morgan fingerprint density at radius 2 is 1.83 bits per heavy atom. The lowest BCUT2D eigenvalue weighted by Gasteiger charge is -2.23. The zero-order valence-electron chi connectivity index (χ0n) is 13.0. The highest BCUT2D eigenvalue weighted by Gasteiger charge is 2.24. The number of anilines is 1. The van der Waals surface area contributed by atoms with E-state index in [-0.39, 0.29) is 4.90 Å². The third-order valence-electron chi connectivity index (χ3n) is 3.74. The first-order chi connectivity index (χ1) is 11.1. The summed E-state index contributed by atoms with van der Waals surface area (Å²) in [5.41, 5.74) is 1.37. The fourth-order valence-electron chi connectivity index (χ4n) is 2.62. The van der Waals surface area contributed by atoms with Crippen molar-refractivity contribution in [1.82, 2.24) is 4.73 Å². The van der Waals surface area contributed by atoms with Crippen LogP contribution in [0.3, 0.4) is 0 Å². The number of sulfonamides is 1. The third kappa shape index (κ3) is 2.66. The van der Waals surface area contributed by atoms with Gasteiger partial charge in [-0.3, -0.25) is 4.31 Å². The molecule has 0 aliphatic heterocycles. The molecule has 0 N–H and O–H groups in total. The Morgan fingerprint density at radius 3 is 2.48 bits per heavy atom. The standard InChI is InChI=1S/C17H18N2O3S/c1-3-19(15-7-5-4-6-8-15)23(20,21)16-10-9-14-11-12-18(22-2)17(14)13-16/h4-13H,3H2,1-2H3. The molecule has 120 valence electrons. The van der Waals surface area contributed by atoms with Crippen molar-refractivity contribution in [1.29, 1.82) is 0 Å². The van der Waals surface area contributed by atoms with Crippen molar-refractivity contribution in [2.45, 2.75) is 11.8 Å². The second-order valence-electron chi connectivity index (χ2n) is 5.05. The molecule has 0 atom stereocenters.